The largest absolute Gasteiger partial charge is 0.314 e. The SMILES string of the molecule is CCNC(Cc1cc(F)ccc1F)C1CCC1. The molecule has 1 fully saturated rings. The van der Waals surface area contributed by atoms with Crippen molar-refractivity contribution in [3.8, 4) is 0 Å². The summed E-state index contributed by atoms with van der Waals surface area (Å²) < 4.78 is 26.7. The summed E-state index contributed by atoms with van der Waals surface area (Å²) in [6.07, 6.45) is 4.25. The lowest BCUT2D eigenvalue weighted by Gasteiger charge is -2.34. The average molecular weight is 239 g/mol. The molecule has 0 aliphatic heterocycles. The Hall–Kier alpha value is -0.960. The molecule has 0 aromatic heterocycles. The lowest BCUT2D eigenvalue weighted by Crippen LogP contribution is -2.41. The van der Waals surface area contributed by atoms with Crippen LogP contribution in [-0.2, 0) is 6.42 Å². The Kier molecular flexibility index (Phi) is 4.11. The molecule has 3 heteroatoms. The Labute approximate surface area is 101 Å². The Morgan fingerprint density at radius 1 is 1.35 bits per heavy atom. The molecule has 1 aliphatic rings. The lowest BCUT2D eigenvalue weighted by atomic mass is 9.77. The Balaban J connectivity index is 2.07. The second-order valence-corrected chi connectivity index (χ2v) is 4.80. The molecule has 0 saturated heterocycles. The van der Waals surface area contributed by atoms with E-state index in [9.17, 15) is 8.78 Å². The molecule has 1 N–H and O–H groups in total. The van der Waals surface area contributed by atoms with E-state index in [2.05, 4.69) is 5.32 Å². The van der Waals surface area contributed by atoms with Crippen molar-refractivity contribution < 1.29 is 8.78 Å². The molecule has 0 amide bonds. The van der Waals surface area contributed by atoms with Gasteiger partial charge >= 0.3 is 0 Å². The van der Waals surface area contributed by atoms with Gasteiger partial charge in [0.25, 0.3) is 0 Å². The molecule has 94 valence electrons. The van der Waals surface area contributed by atoms with Gasteiger partial charge in [-0.25, -0.2) is 8.78 Å². The number of benzene rings is 1. The number of rotatable bonds is 5. The van der Waals surface area contributed by atoms with Gasteiger partial charge in [0.15, 0.2) is 0 Å². The molecule has 1 nitrogen and oxygen atoms in total. The second kappa shape index (κ2) is 5.58. The van der Waals surface area contributed by atoms with Gasteiger partial charge in [0.05, 0.1) is 0 Å². The highest BCUT2D eigenvalue weighted by molar-refractivity contribution is 5.20. The van der Waals surface area contributed by atoms with E-state index in [0.29, 0.717) is 17.9 Å². The quantitative estimate of drug-likeness (QED) is 0.831. The number of halogens is 2. The van der Waals surface area contributed by atoms with Crippen LogP contribution in [0.1, 0.15) is 31.7 Å². The fraction of sp³-hybridized carbons (Fsp3) is 0.571. The van der Waals surface area contributed by atoms with E-state index in [1.165, 1.54) is 37.5 Å². The first-order valence-electron chi connectivity index (χ1n) is 6.38. The Morgan fingerprint density at radius 3 is 2.71 bits per heavy atom. The van der Waals surface area contributed by atoms with Crippen LogP contribution in [0.25, 0.3) is 0 Å². The third-order valence-electron chi connectivity index (χ3n) is 3.63. The Bertz CT molecular complexity index is 374. The highest BCUT2D eigenvalue weighted by Gasteiger charge is 2.27. The van der Waals surface area contributed by atoms with Crippen LogP contribution in [0, 0.1) is 17.6 Å². The van der Waals surface area contributed by atoms with Crippen LogP contribution >= 0.6 is 0 Å². The minimum absolute atomic E-state index is 0.282. The monoisotopic (exact) mass is 239 g/mol. The molecular weight excluding hydrogens is 220 g/mol. The highest BCUT2D eigenvalue weighted by Crippen LogP contribution is 2.31. The molecule has 1 atom stereocenters. The van der Waals surface area contributed by atoms with Crippen LogP contribution < -0.4 is 5.32 Å². The van der Waals surface area contributed by atoms with Crippen LogP contribution in [0.4, 0.5) is 8.78 Å². The summed E-state index contributed by atoms with van der Waals surface area (Å²) in [5.41, 5.74) is 0.489. The van der Waals surface area contributed by atoms with Crippen LogP contribution in [-0.4, -0.2) is 12.6 Å². The Morgan fingerprint density at radius 2 is 2.12 bits per heavy atom. The first-order chi connectivity index (χ1) is 8.20. The predicted octanol–water partition coefficient (Wildman–Crippen LogP) is 3.29. The van der Waals surface area contributed by atoms with Gasteiger partial charge in [0, 0.05) is 6.04 Å². The van der Waals surface area contributed by atoms with E-state index in [0.717, 1.165) is 6.54 Å². The lowest BCUT2D eigenvalue weighted by molar-refractivity contribution is 0.228. The van der Waals surface area contributed by atoms with Crippen LogP contribution in [0.3, 0.4) is 0 Å². The molecular formula is C14H19F2N. The van der Waals surface area contributed by atoms with E-state index in [1.807, 2.05) is 6.92 Å². The van der Waals surface area contributed by atoms with Gasteiger partial charge in [-0.05, 0) is 55.5 Å². The standard InChI is InChI=1S/C14H19F2N/c1-2-17-14(10-4-3-5-10)9-11-8-12(15)6-7-13(11)16/h6-8,10,14,17H,2-5,9H2,1H3. The van der Waals surface area contributed by atoms with Gasteiger partial charge in [-0.1, -0.05) is 13.3 Å². The maximum atomic E-state index is 13.6. The number of nitrogens with one attached hydrogen (secondary N) is 1. The molecule has 1 aliphatic carbocycles. The molecule has 1 unspecified atom stereocenters. The average Bonchev–Trinajstić information content (AvgIpc) is 2.21. The van der Waals surface area contributed by atoms with E-state index in [4.69, 9.17) is 0 Å². The van der Waals surface area contributed by atoms with E-state index in [1.54, 1.807) is 0 Å². The highest BCUT2D eigenvalue weighted by atomic mass is 19.1. The van der Waals surface area contributed by atoms with E-state index >= 15 is 0 Å². The van der Waals surface area contributed by atoms with Gasteiger partial charge in [-0.2, -0.15) is 0 Å². The van der Waals surface area contributed by atoms with Gasteiger partial charge in [0.2, 0.25) is 0 Å². The molecule has 0 radical (unpaired) electrons. The van der Waals surface area contributed by atoms with Crippen molar-refractivity contribution in [3.63, 3.8) is 0 Å². The minimum atomic E-state index is -0.356. The van der Waals surface area contributed by atoms with Crippen molar-refractivity contribution in [1.29, 1.82) is 0 Å². The molecule has 1 aromatic carbocycles. The number of hydrogen-bond acceptors (Lipinski definition) is 1. The fourth-order valence-corrected chi connectivity index (χ4v) is 2.45. The summed E-state index contributed by atoms with van der Waals surface area (Å²) in [6, 6.07) is 3.99. The zero-order chi connectivity index (χ0) is 12.3. The maximum Gasteiger partial charge on any atom is 0.126 e. The molecule has 0 bridgehead atoms. The van der Waals surface area contributed by atoms with Crippen molar-refractivity contribution in [3.05, 3.63) is 35.4 Å². The van der Waals surface area contributed by atoms with Gasteiger partial charge < -0.3 is 5.32 Å². The zero-order valence-electron chi connectivity index (χ0n) is 10.2. The summed E-state index contributed by atoms with van der Waals surface area (Å²) >= 11 is 0. The summed E-state index contributed by atoms with van der Waals surface area (Å²) in [4.78, 5) is 0. The van der Waals surface area contributed by atoms with E-state index < -0.39 is 0 Å². The molecule has 1 saturated carbocycles. The summed E-state index contributed by atoms with van der Waals surface area (Å²) in [5, 5.41) is 3.39. The predicted molar refractivity (Wildman–Crippen MR) is 64.9 cm³/mol. The van der Waals surface area contributed by atoms with Gasteiger partial charge in [0.1, 0.15) is 11.6 Å². The maximum absolute atomic E-state index is 13.6. The summed E-state index contributed by atoms with van der Waals surface area (Å²) in [7, 11) is 0. The third-order valence-corrected chi connectivity index (χ3v) is 3.63. The van der Waals surface area contributed by atoms with Crippen molar-refractivity contribution in [2.75, 3.05) is 6.54 Å². The molecule has 0 spiro atoms. The molecule has 1 aromatic rings. The summed E-state index contributed by atoms with van der Waals surface area (Å²) in [5.74, 6) is -0.0310. The fourth-order valence-electron chi connectivity index (χ4n) is 2.45. The van der Waals surface area contributed by atoms with Gasteiger partial charge in [-0.3, -0.25) is 0 Å². The first-order valence-corrected chi connectivity index (χ1v) is 6.38. The first kappa shape index (κ1) is 12.5. The molecule has 0 heterocycles. The van der Waals surface area contributed by atoms with Gasteiger partial charge in [-0.15, -0.1) is 0 Å². The minimum Gasteiger partial charge on any atom is -0.314 e. The normalized spacial score (nSPS) is 17.8. The van der Waals surface area contributed by atoms with Crippen molar-refractivity contribution in [2.24, 2.45) is 5.92 Å². The molecule has 17 heavy (non-hydrogen) atoms. The third kappa shape index (κ3) is 3.03. The summed E-state index contributed by atoms with van der Waals surface area (Å²) in [6.45, 7) is 2.92. The second-order valence-electron chi connectivity index (χ2n) is 4.80. The van der Waals surface area contributed by atoms with Crippen LogP contribution in [0.5, 0.6) is 0 Å². The zero-order valence-corrected chi connectivity index (χ0v) is 10.2. The van der Waals surface area contributed by atoms with Crippen LogP contribution in [0.2, 0.25) is 0 Å². The topological polar surface area (TPSA) is 12.0 Å². The smallest absolute Gasteiger partial charge is 0.126 e. The van der Waals surface area contributed by atoms with Crippen molar-refractivity contribution in [1.82, 2.24) is 5.32 Å². The molecule has 2 rings (SSSR count). The number of likely N-dealkylation sites (N-methyl/N-ethyl adjacent to an activating group) is 1. The van der Waals surface area contributed by atoms with Crippen LogP contribution in [0.15, 0.2) is 18.2 Å². The van der Waals surface area contributed by atoms with Crippen molar-refractivity contribution >= 4 is 0 Å². The van der Waals surface area contributed by atoms with Crippen molar-refractivity contribution in [2.45, 2.75) is 38.6 Å². The van der Waals surface area contributed by atoms with E-state index in [-0.39, 0.29) is 17.7 Å². The number of hydrogen-bond donors (Lipinski definition) is 1.